The van der Waals surface area contributed by atoms with Crippen molar-refractivity contribution in [1.29, 1.82) is 0 Å². The standard InChI is InChI=1S/C56H65ClFN5O6Si/c1-54(2,3)69-53(64)63-38-23-24-39(63)33-61(32-38)51-46-31-47(57)48(45-30-41(67-36-65-7)29-37-17-14-15-22-44(37)45)49(58)50(46)59-52(60-51)66-35-56-26-16-28-62(56)40(25-27-56)34-68-70(55(4,5)6,42-18-10-8-11-19-42)43-20-12-9-13-21-43/h8-15,17-22,29-31,38-40H,16,23-28,32-36H2,1-7H3/t38?,39?,40-,56+/m0/s1. The summed E-state index contributed by atoms with van der Waals surface area (Å²) >= 11 is 7.22. The Balaban J connectivity index is 0.997. The third-order valence-corrected chi connectivity index (χ3v) is 20.4. The number of carbonyl (C=O) groups is 1. The number of amides is 1. The van der Waals surface area contributed by atoms with E-state index in [1.54, 1.807) is 19.2 Å². The van der Waals surface area contributed by atoms with Gasteiger partial charge in [0.2, 0.25) is 0 Å². The molecule has 10 rings (SSSR count). The first-order valence-electron chi connectivity index (χ1n) is 24.8. The van der Waals surface area contributed by atoms with Crippen LogP contribution in [-0.2, 0) is 13.9 Å². The van der Waals surface area contributed by atoms with Gasteiger partial charge in [-0.05, 0) is 116 Å². The summed E-state index contributed by atoms with van der Waals surface area (Å²) in [5.74, 6) is 0.463. The molecule has 2 bridgehead atoms. The van der Waals surface area contributed by atoms with Gasteiger partial charge in [-0.2, -0.15) is 9.97 Å². The topological polar surface area (TPSA) is 98.7 Å². The second-order valence-corrected chi connectivity index (χ2v) is 26.4. The molecule has 4 atom stereocenters. The summed E-state index contributed by atoms with van der Waals surface area (Å²) in [6, 6.07) is 35.0. The molecule has 2 unspecified atom stereocenters. The molecule has 0 N–H and O–H groups in total. The lowest BCUT2D eigenvalue weighted by Crippen LogP contribution is -2.67. The molecule has 4 fully saturated rings. The number of halogens is 2. The number of anilines is 1. The fourth-order valence-electron chi connectivity index (χ4n) is 12.1. The van der Waals surface area contributed by atoms with Crippen LogP contribution < -0.4 is 24.7 Å². The van der Waals surface area contributed by atoms with Crippen LogP contribution >= 0.6 is 11.6 Å². The third-order valence-electron chi connectivity index (χ3n) is 15.1. The van der Waals surface area contributed by atoms with Crippen LogP contribution in [0, 0.1) is 5.82 Å². The van der Waals surface area contributed by atoms with E-state index < -0.39 is 19.7 Å². The van der Waals surface area contributed by atoms with E-state index in [4.69, 9.17) is 44.9 Å². The Morgan fingerprint density at radius 3 is 2.16 bits per heavy atom. The summed E-state index contributed by atoms with van der Waals surface area (Å²) < 4.78 is 49.2. The first-order valence-corrected chi connectivity index (χ1v) is 27.1. The van der Waals surface area contributed by atoms with Gasteiger partial charge in [-0.25, -0.2) is 9.18 Å². The average Bonchev–Trinajstić information content (AvgIpc) is 3.99. The molecule has 6 aromatic rings. The molecule has 5 heterocycles. The highest BCUT2D eigenvalue weighted by molar-refractivity contribution is 6.99. The molecule has 4 aliphatic rings. The zero-order chi connectivity index (χ0) is 49.0. The molecular formula is C56H65ClFN5O6Si. The Kier molecular flexibility index (Phi) is 13.1. The number of hydrogen-bond acceptors (Lipinski definition) is 10. The van der Waals surface area contributed by atoms with Gasteiger partial charge in [-0.3, -0.25) is 9.80 Å². The SMILES string of the molecule is COCOc1cc(-c2c(Cl)cc3c(N4CC5CCC(C4)N5C(=O)OC(C)(C)C)nc(OC[C@]45CCCN4[C@H](CO[Si](c4ccccc4)(c4ccccc4)C(C)(C)C)CC5)nc3c2F)c2ccccc2c1. The second-order valence-electron chi connectivity index (χ2n) is 21.7. The van der Waals surface area contributed by atoms with Crippen molar-refractivity contribution in [2.75, 3.05) is 51.7 Å². The predicted molar refractivity (Wildman–Crippen MR) is 278 cm³/mol. The number of nitrogens with zero attached hydrogens (tertiary/aromatic N) is 5. The van der Waals surface area contributed by atoms with Gasteiger partial charge in [0.25, 0.3) is 8.32 Å². The molecular weight excluding hydrogens is 921 g/mol. The highest BCUT2D eigenvalue weighted by atomic mass is 35.5. The van der Waals surface area contributed by atoms with Crippen molar-refractivity contribution in [1.82, 2.24) is 19.8 Å². The molecule has 0 aliphatic carbocycles. The van der Waals surface area contributed by atoms with Crippen LogP contribution in [0.5, 0.6) is 11.8 Å². The lowest BCUT2D eigenvalue weighted by Gasteiger charge is -2.44. The molecule has 5 aromatic carbocycles. The quantitative estimate of drug-likeness (QED) is 0.0822. The minimum Gasteiger partial charge on any atom is -0.468 e. The van der Waals surface area contributed by atoms with Gasteiger partial charge in [0, 0.05) is 37.2 Å². The van der Waals surface area contributed by atoms with Crippen molar-refractivity contribution in [3.8, 4) is 22.9 Å². The Bertz CT molecular complexity index is 2830. The maximum atomic E-state index is 17.9. The second kappa shape index (κ2) is 19.0. The molecule has 0 saturated carbocycles. The predicted octanol–water partition coefficient (Wildman–Crippen LogP) is 10.8. The van der Waals surface area contributed by atoms with E-state index in [0.29, 0.717) is 48.8 Å². The highest BCUT2D eigenvalue weighted by Gasteiger charge is 2.54. The van der Waals surface area contributed by atoms with Crippen molar-refractivity contribution >= 4 is 63.9 Å². The van der Waals surface area contributed by atoms with E-state index in [-0.39, 0.29) is 63.7 Å². The fourth-order valence-corrected chi connectivity index (χ4v) is 17.0. The van der Waals surface area contributed by atoms with Crippen LogP contribution in [-0.4, -0.2) is 110 Å². The first-order chi connectivity index (χ1) is 33.6. The number of hydrogen-bond donors (Lipinski definition) is 0. The van der Waals surface area contributed by atoms with E-state index in [1.165, 1.54) is 10.4 Å². The van der Waals surface area contributed by atoms with Crippen molar-refractivity contribution < 1.29 is 32.6 Å². The molecule has 14 heteroatoms. The maximum Gasteiger partial charge on any atom is 0.410 e. The van der Waals surface area contributed by atoms with E-state index in [1.807, 2.05) is 56.0 Å². The lowest BCUT2D eigenvalue weighted by molar-refractivity contribution is 0.0122. The van der Waals surface area contributed by atoms with Crippen molar-refractivity contribution in [2.45, 2.75) is 114 Å². The van der Waals surface area contributed by atoms with Crippen LogP contribution in [0.25, 0.3) is 32.8 Å². The number of piperazine rings is 1. The molecule has 1 aromatic heterocycles. The molecule has 0 spiro atoms. The Hall–Kier alpha value is -5.31. The number of methoxy groups -OCH3 is 1. The van der Waals surface area contributed by atoms with Crippen molar-refractivity contribution in [3.63, 3.8) is 0 Å². The summed E-state index contributed by atoms with van der Waals surface area (Å²) in [6.07, 6.45) is 5.22. The molecule has 368 valence electrons. The number of fused-ring (bicyclic) bond motifs is 5. The number of benzene rings is 5. The Morgan fingerprint density at radius 2 is 1.50 bits per heavy atom. The number of rotatable bonds is 13. The van der Waals surface area contributed by atoms with Crippen molar-refractivity contribution in [2.24, 2.45) is 0 Å². The van der Waals surface area contributed by atoms with Gasteiger partial charge >= 0.3 is 12.1 Å². The summed E-state index contributed by atoms with van der Waals surface area (Å²) in [4.78, 5) is 30.3. The highest BCUT2D eigenvalue weighted by Crippen LogP contribution is 2.47. The largest absolute Gasteiger partial charge is 0.468 e. The number of aromatic nitrogens is 2. The first kappa shape index (κ1) is 48.3. The van der Waals surface area contributed by atoms with Gasteiger partial charge in [-0.15, -0.1) is 0 Å². The smallest absolute Gasteiger partial charge is 0.410 e. The van der Waals surface area contributed by atoms with E-state index in [2.05, 4.69) is 91.2 Å². The van der Waals surface area contributed by atoms with Crippen LogP contribution in [0.15, 0.2) is 103 Å². The average molecular weight is 987 g/mol. The van der Waals surface area contributed by atoms with Crippen LogP contribution in [0.1, 0.15) is 80.1 Å². The van der Waals surface area contributed by atoms with Gasteiger partial charge < -0.3 is 28.3 Å². The minimum absolute atomic E-state index is 0.0274. The van der Waals surface area contributed by atoms with Crippen LogP contribution in [0.3, 0.4) is 0 Å². The Labute approximate surface area is 417 Å². The minimum atomic E-state index is -2.76. The summed E-state index contributed by atoms with van der Waals surface area (Å²) in [5, 5.41) is 4.75. The monoisotopic (exact) mass is 985 g/mol. The van der Waals surface area contributed by atoms with Gasteiger partial charge in [0.15, 0.2) is 12.6 Å². The molecule has 1 amide bonds. The van der Waals surface area contributed by atoms with E-state index in [0.717, 1.165) is 55.8 Å². The van der Waals surface area contributed by atoms with E-state index >= 15 is 4.39 Å². The van der Waals surface area contributed by atoms with Gasteiger partial charge in [-0.1, -0.05) is 117 Å². The zero-order valence-corrected chi connectivity index (χ0v) is 43.2. The summed E-state index contributed by atoms with van der Waals surface area (Å²) in [6.45, 7) is 15.5. The zero-order valence-electron chi connectivity index (χ0n) is 41.5. The van der Waals surface area contributed by atoms with E-state index in [9.17, 15) is 4.79 Å². The molecule has 0 radical (unpaired) electrons. The van der Waals surface area contributed by atoms with Crippen molar-refractivity contribution in [3.05, 3.63) is 114 Å². The maximum absolute atomic E-state index is 17.9. The molecule has 4 aliphatic heterocycles. The molecule has 11 nitrogen and oxygen atoms in total. The molecule has 4 saturated heterocycles. The third kappa shape index (κ3) is 8.90. The van der Waals surface area contributed by atoms with Crippen LogP contribution in [0.4, 0.5) is 15.0 Å². The summed E-state index contributed by atoms with van der Waals surface area (Å²) in [5.41, 5.74) is -0.00476. The number of carbonyl (C=O) groups excluding carboxylic acids is 1. The lowest BCUT2D eigenvalue weighted by atomic mass is 9.95. The summed E-state index contributed by atoms with van der Waals surface area (Å²) in [7, 11) is -1.21. The fraction of sp³-hybridized carbons (Fsp3) is 0.446. The normalized spacial score (nSPS) is 21.7. The Morgan fingerprint density at radius 1 is 0.829 bits per heavy atom. The number of ether oxygens (including phenoxy) is 4. The van der Waals surface area contributed by atoms with Gasteiger partial charge in [0.1, 0.15) is 29.3 Å². The van der Waals surface area contributed by atoms with Crippen LogP contribution in [0.2, 0.25) is 10.1 Å². The van der Waals surface area contributed by atoms with Gasteiger partial charge in [0.05, 0.1) is 29.3 Å². The molecule has 70 heavy (non-hydrogen) atoms.